The number of hydrazine groups is 1. The van der Waals surface area contributed by atoms with Gasteiger partial charge in [-0.1, -0.05) is 6.07 Å². The third-order valence-corrected chi connectivity index (χ3v) is 5.91. The number of sulfonamides is 1. The number of benzene rings is 3. The van der Waals surface area contributed by atoms with Crippen molar-refractivity contribution in [2.75, 3.05) is 11.8 Å². The Balaban J connectivity index is 1.64. The van der Waals surface area contributed by atoms with Crippen LogP contribution >= 0.6 is 0 Å². The molecule has 12 heteroatoms. The van der Waals surface area contributed by atoms with Gasteiger partial charge in [0.1, 0.15) is 5.75 Å². The van der Waals surface area contributed by atoms with E-state index in [0.717, 1.165) is 24.3 Å². The molecule has 34 heavy (non-hydrogen) atoms. The van der Waals surface area contributed by atoms with E-state index in [1.54, 1.807) is 12.1 Å². The molecule has 0 aliphatic carbocycles. The van der Waals surface area contributed by atoms with Gasteiger partial charge in [0, 0.05) is 16.8 Å². The number of rotatable bonds is 6. The summed E-state index contributed by atoms with van der Waals surface area (Å²) in [4.78, 5) is 24.1. The molecule has 8 nitrogen and oxygen atoms in total. The Kier molecular flexibility index (Phi) is 7.11. The van der Waals surface area contributed by atoms with Gasteiger partial charge in [0.15, 0.2) is 0 Å². The second kappa shape index (κ2) is 9.83. The highest BCUT2D eigenvalue weighted by atomic mass is 32.2. The lowest BCUT2D eigenvalue weighted by Gasteiger charge is -2.12. The summed E-state index contributed by atoms with van der Waals surface area (Å²) in [5.41, 5.74) is 3.46. The molecular weight excluding hydrogens is 475 g/mol. The maximum Gasteiger partial charge on any atom is 0.416 e. The van der Waals surface area contributed by atoms with Crippen molar-refractivity contribution >= 4 is 27.5 Å². The number of amides is 2. The standard InChI is InChI=1S/C22H18F3N3O5S/c1-33-18-9-5-14(6-10-18)20(29)26-27-21(30)15-7-11-19(12-8-15)34(31,32)28-17-4-2-3-16(13-17)22(23,24)25/h2-13,28H,1H3,(H,26,29)(H,27,30). The number of anilines is 1. The number of alkyl halides is 3. The lowest BCUT2D eigenvalue weighted by Crippen LogP contribution is -2.41. The normalized spacial score (nSPS) is 11.4. The van der Waals surface area contributed by atoms with Crippen LogP contribution in [0.2, 0.25) is 0 Å². The average Bonchev–Trinajstić information content (AvgIpc) is 2.82. The van der Waals surface area contributed by atoms with Gasteiger partial charge < -0.3 is 4.74 Å². The molecule has 3 aromatic carbocycles. The molecular formula is C22H18F3N3O5S. The smallest absolute Gasteiger partial charge is 0.416 e. The molecule has 3 N–H and O–H groups in total. The van der Waals surface area contributed by atoms with Gasteiger partial charge in [0.2, 0.25) is 0 Å². The van der Waals surface area contributed by atoms with Gasteiger partial charge >= 0.3 is 6.18 Å². The number of methoxy groups -OCH3 is 1. The summed E-state index contributed by atoms with van der Waals surface area (Å²) in [5.74, 6) is -0.740. The van der Waals surface area contributed by atoms with E-state index in [0.29, 0.717) is 11.8 Å². The molecule has 0 atom stereocenters. The van der Waals surface area contributed by atoms with Crippen molar-refractivity contribution in [3.63, 3.8) is 0 Å². The van der Waals surface area contributed by atoms with Gasteiger partial charge in [0.25, 0.3) is 21.8 Å². The Morgan fingerprint density at radius 3 is 1.85 bits per heavy atom. The number of hydrogen-bond acceptors (Lipinski definition) is 5. The summed E-state index contributed by atoms with van der Waals surface area (Å²) >= 11 is 0. The third kappa shape index (κ3) is 6.04. The minimum atomic E-state index is -4.63. The molecule has 0 bridgehead atoms. The summed E-state index contributed by atoms with van der Waals surface area (Å²) in [7, 11) is -2.74. The quantitative estimate of drug-likeness (QED) is 0.454. The zero-order valence-corrected chi connectivity index (χ0v) is 18.3. The first-order valence-electron chi connectivity index (χ1n) is 9.54. The van der Waals surface area contributed by atoms with Crippen LogP contribution in [0.1, 0.15) is 26.3 Å². The van der Waals surface area contributed by atoms with Gasteiger partial charge in [-0.05, 0) is 66.7 Å². The Hall–Kier alpha value is -4.06. The summed E-state index contributed by atoms with van der Waals surface area (Å²) in [6, 6.07) is 14.5. The Morgan fingerprint density at radius 1 is 0.824 bits per heavy atom. The fourth-order valence-corrected chi connectivity index (χ4v) is 3.81. The third-order valence-electron chi connectivity index (χ3n) is 4.51. The Labute approximate surface area is 192 Å². The van der Waals surface area contributed by atoms with Crippen LogP contribution in [0.5, 0.6) is 5.75 Å². The zero-order chi connectivity index (χ0) is 24.9. The Morgan fingerprint density at radius 2 is 1.35 bits per heavy atom. The number of ether oxygens (including phenoxy) is 1. The molecule has 0 aromatic heterocycles. The molecule has 0 unspecified atom stereocenters. The minimum absolute atomic E-state index is 0.0352. The van der Waals surface area contributed by atoms with Crippen molar-refractivity contribution < 1.29 is 35.9 Å². The summed E-state index contributed by atoms with van der Waals surface area (Å²) < 4.78 is 70.6. The van der Waals surface area contributed by atoms with E-state index in [9.17, 15) is 31.2 Å². The molecule has 0 saturated carbocycles. The van der Waals surface area contributed by atoms with Crippen LogP contribution in [0.15, 0.2) is 77.7 Å². The molecule has 0 fully saturated rings. The highest BCUT2D eigenvalue weighted by Crippen LogP contribution is 2.31. The fraction of sp³-hybridized carbons (Fsp3) is 0.0909. The summed E-state index contributed by atoms with van der Waals surface area (Å²) in [6.45, 7) is 0. The first-order chi connectivity index (χ1) is 16.0. The zero-order valence-electron chi connectivity index (χ0n) is 17.5. The molecule has 3 aromatic rings. The molecule has 178 valence electrons. The van der Waals surface area contributed by atoms with Crippen LogP contribution in [0.25, 0.3) is 0 Å². The van der Waals surface area contributed by atoms with E-state index >= 15 is 0 Å². The lowest BCUT2D eigenvalue weighted by atomic mass is 10.2. The SMILES string of the molecule is COc1ccc(C(=O)NNC(=O)c2ccc(S(=O)(=O)Nc3cccc(C(F)(F)F)c3)cc2)cc1. The second-order valence-corrected chi connectivity index (χ2v) is 8.53. The second-order valence-electron chi connectivity index (χ2n) is 6.85. The van der Waals surface area contributed by atoms with E-state index in [1.807, 2.05) is 0 Å². The highest BCUT2D eigenvalue weighted by Gasteiger charge is 2.30. The van der Waals surface area contributed by atoms with Crippen molar-refractivity contribution in [1.29, 1.82) is 0 Å². The van der Waals surface area contributed by atoms with Crippen molar-refractivity contribution in [3.8, 4) is 5.75 Å². The van der Waals surface area contributed by atoms with Crippen molar-refractivity contribution in [2.24, 2.45) is 0 Å². The fourth-order valence-electron chi connectivity index (χ4n) is 2.76. The number of hydrogen-bond donors (Lipinski definition) is 3. The number of nitrogens with one attached hydrogen (secondary N) is 3. The number of halogens is 3. The molecule has 0 saturated heterocycles. The van der Waals surface area contributed by atoms with Crippen LogP contribution in [0.4, 0.5) is 18.9 Å². The first-order valence-corrected chi connectivity index (χ1v) is 11.0. The molecule has 0 aliphatic heterocycles. The number of carbonyl (C=O) groups excluding carboxylic acids is 2. The predicted molar refractivity (Wildman–Crippen MR) is 117 cm³/mol. The average molecular weight is 493 g/mol. The van der Waals surface area contributed by atoms with E-state index < -0.39 is 33.6 Å². The van der Waals surface area contributed by atoms with Crippen LogP contribution in [0, 0.1) is 0 Å². The van der Waals surface area contributed by atoms with Gasteiger partial charge in [0.05, 0.1) is 17.6 Å². The predicted octanol–water partition coefficient (Wildman–Crippen LogP) is 3.59. The van der Waals surface area contributed by atoms with Crippen molar-refractivity contribution in [2.45, 2.75) is 11.1 Å². The van der Waals surface area contributed by atoms with Gasteiger partial charge in [-0.3, -0.25) is 25.2 Å². The van der Waals surface area contributed by atoms with Crippen molar-refractivity contribution in [1.82, 2.24) is 10.9 Å². The summed E-state index contributed by atoms with van der Waals surface area (Å²) in [6.07, 6.45) is -4.63. The van der Waals surface area contributed by atoms with Crippen LogP contribution in [0.3, 0.4) is 0 Å². The monoisotopic (exact) mass is 493 g/mol. The molecule has 2 amide bonds. The first kappa shape index (κ1) is 24.6. The van der Waals surface area contributed by atoms with Crippen LogP contribution in [-0.4, -0.2) is 27.3 Å². The van der Waals surface area contributed by atoms with E-state index in [-0.39, 0.29) is 21.7 Å². The van der Waals surface area contributed by atoms with Gasteiger partial charge in [-0.2, -0.15) is 13.2 Å². The van der Waals surface area contributed by atoms with E-state index in [4.69, 9.17) is 4.74 Å². The van der Waals surface area contributed by atoms with Gasteiger partial charge in [-0.25, -0.2) is 8.42 Å². The molecule has 3 rings (SSSR count). The van der Waals surface area contributed by atoms with Gasteiger partial charge in [-0.15, -0.1) is 0 Å². The van der Waals surface area contributed by atoms with Crippen LogP contribution in [-0.2, 0) is 16.2 Å². The maximum absolute atomic E-state index is 12.8. The maximum atomic E-state index is 12.8. The van der Waals surface area contributed by atoms with E-state index in [2.05, 4.69) is 15.6 Å². The topological polar surface area (TPSA) is 114 Å². The van der Waals surface area contributed by atoms with Crippen LogP contribution < -0.4 is 20.3 Å². The molecule has 0 radical (unpaired) electrons. The van der Waals surface area contributed by atoms with E-state index in [1.165, 1.54) is 37.4 Å². The number of carbonyl (C=O) groups is 2. The largest absolute Gasteiger partial charge is 0.497 e. The van der Waals surface area contributed by atoms with Crippen molar-refractivity contribution in [3.05, 3.63) is 89.5 Å². The lowest BCUT2D eigenvalue weighted by molar-refractivity contribution is -0.137. The molecule has 0 heterocycles. The summed E-state index contributed by atoms with van der Waals surface area (Å²) in [5, 5.41) is 0. The minimum Gasteiger partial charge on any atom is -0.497 e. The Bertz CT molecular complexity index is 1290. The highest BCUT2D eigenvalue weighted by molar-refractivity contribution is 7.92. The molecule has 0 spiro atoms. The molecule has 0 aliphatic rings.